The second kappa shape index (κ2) is 8.87. The van der Waals surface area contributed by atoms with Crippen molar-refractivity contribution in [2.24, 2.45) is 0 Å². The Balaban J connectivity index is 1.69. The fourth-order valence-corrected chi connectivity index (χ4v) is 4.00. The van der Waals surface area contributed by atoms with Gasteiger partial charge < -0.3 is 9.84 Å². The van der Waals surface area contributed by atoms with Gasteiger partial charge in [0.1, 0.15) is 6.10 Å². The fourth-order valence-electron chi connectivity index (χ4n) is 4.00. The lowest BCUT2D eigenvalue weighted by Crippen LogP contribution is -2.06. The average molecular weight is 449 g/mol. The number of alkyl halides is 2. The Morgan fingerprint density at radius 1 is 0.970 bits per heavy atom. The number of methoxy groups -OCH3 is 1. The number of aliphatic hydroxyl groups is 1. The lowest BCUT2D eigenvalue weighted by molar-refractivity contribution is 0.0174. The number of aryl methyl sites for hydroxylation is 2. The molecule has 0 fully saturated rings. The minimum absolute atomic E-state index is 0.0191. The van der Waals surface area contributed by atoms with Crippen LogP contribution in [0.2, 0.25) is 0 Å². The third kappa shape index (κ3) is 4.86. The summed E-state index contributed by atoms with van der Waals surface area (Å²) >= 11 is 0. The van der Waals surface area contributed by atoms with Gasteiger partial charge in [0.15, 0.2) is 0 Å². The third-order valence-corrected chi connectivity index (χ3v) is 5.80. The molecule has 170 valence electrons. The Morgan fingerprint density at radius 2 is 1.70 bits per heavy atom. The first-order valence-electron chi connectivity index (χ1n) is 10.7. The van der Waals surface area contributed by atoms with E-state index in [4.69, 9.17) is 4.74 Å². The first-order valence-corrected chi connectivity index (χ1v) is 10.7. The highest BCUT2D eigenvalue weighted by molar-refractivity contribution is 5.81. The van der Waals surface area contributed by atoms with E-state index in [1.165, 1.54) is 12.1 Å². The molecule has 4 rings (SSSR count). The van der Waals surface area contributed by atoms with Gasteiger partial charge in [-0.25, -0.2) is 13.8 Å². The number of fused-ring (bicyclic) bond motifs is 1. The lowest BCUT2D eigenvalue weighted by Gasteiger charge is -2.16. The van der Waals surface area contributed by atoms with Gasteiger partial charge in [0.2, 0.25) is 5.88 Å². The predicted octanol–water partition coefficient (Wildman–Crippen LogP) is 6.04. The van der Waals surface area contributed by atoms with Crippen molar-refractivity contribution in [1.29, 1.82) is 0 Å². The number of aromatic nitrogens is 2. The molecule has 0 aliphatic rings. The van der Waals surface area contributed by atoms with Crippen molar-refractivity contribution < 1.29 is 18.6 Å². The molecule has 0 aliphatic heterocycles. The van der Waals surface area contributed by atoms with Crippen LogP contribution in [-0.4, -0.2) is 22.2 Å². The van der Waals surface area contributed by atoms with Crippen molar-refractivity contribution in [2.75, 3.05) is 7.11 Å². The molecule has 0 aliphatic carbocycles. The molecular formula is C27H26F2N2O2. The van der Waals surface area contributed by atoms with Gasteiger partial charge in [0.05, 0.1) is 12.6 Å². The van der Waals surface area contributed by atoms with Gasteiger partial charge in [-0.1, -0.05) is 36.4 Å². The van der Waals surface area contributed by atoms with Crippen molar-refractivity contribution in [2.45, 2.75) is 39.2 Å². The molecule has 2 aromatic heterocycles. The van der Waals surface area contributed by atoms with E-state index in [1.807, 2.05) is 50.2 Å². The zero-order chi connectivity index (χ0) is 23.8. The zero-order valence-corrected chi connectivity index (χ0v) is 19.1. The van der Waals surface area contributed by atoms with Gasteiger partial charge in [-0.05, 0) is 49.2 Å². The van der Waals surface area contributed by atoms with Crippen LogP contribution < -0.4 is 4.74 Å². The molecule has 0 saturated heterocycles. The number of hydrogen-bond acceptors (Lipinski definition) is 4. The first kappa shape index (κ1) is 22.8. The molecule has 4 nitrogen and oxygen atoms in total. The van der Waals surface area contributed by atoms with E-state index >= 15 is 0 Å². The average Bonchev–Trinajstić information content (AvgIpc) is 2.77. The monoisotopic (exact) mass is 448 g/mol. The molecule has 0 radical (unpaired) electrons. The van der Waals surface area contributed by atoms with Crippen LogP contribution in [0.5, 0.6) is 5.88 Å². The molecule has 2 heterocycles. The number of benzene rings is 2. The van der Waals surface area contributed by atoms with E-state index in [-0.39, 0.29) is 5.56 Å². The normalized spacial score (nSPS) is 12.7. The number of pyridine rings is 2. The smallest absolute Gasteiger partial charge is 0.270 e. The fraction of sp³-hybridized carbons (Fsp3) is 0.259. The van der Waals surface area contributed by atoms with Gasteiger partial charge in [-0.15, -0.1) is 0 Å². The molecule has 6 heteroatoms. The van der Waals surface area contributed by atoms with E-state index in [0.29, 0.717) is 12.3 Å². The van der Waals surface area contributed by atoms with Crippen LogP contribution >= 0.6 is 0 Å². The Morgan fingerprint density at radius 3 is 2.33 bits per heavy atom. The highest BCUT2D eigenvalue weighted by Crippen LogP contribution is 2.31. The van der Waals surface area contributed by atoms with Crippen molar-refractivity contribution in [3.8, 4) is 5.88 Å². The van der Waals surface area contributed by atoms with E-state index in [9.17, 15) is 13.9 Å². The second-order valence-corrected chi connectivity index (χ2v) is 8.40. The Kier molecular flexibility index (Phi) is 6.13. The minimum Gasteiger partial charge on any atom is -0.481 e. The van der Waals surface area contributed by atoms with Crippen LogP contribution in [0.4, 0.5) is 8.78 Å². The van der Waals surface area contributed by atoms with Crippen LogP contribution in [0.15, 0.2) is 60.7 Å². The molecule has 4 aromatic rings. The van der Waals surface area contributed by atoms with Crippen LogP contribution in [0.3, 0.4) is 0 Å². The van der Waals surface area contributed by atoms with Crippen LogP contribution in [0.25, 0.3) is 10.9 Å². The summed E-state index contributed by atoms with van der Waals surface area (Å²) in [5, 5.41) is 11.8. The number of rotatable bonds is 6. The molecule has 0 spiro atoms. The zero-order valence-electron chi connectivity index (χ0n) is 19.1. The number of hydrogen-bond donors (Lipinski definition) is 1. The third-order valence-electron chi connectivity index (χ3n) is 5.80. The highest BCUT2D eigenvalue weighted by atomic mass is 19.3. The van der Waals surface area contributed by atoms with E-state index in [2.05, 4.69) is 9.97 Å². The number of ether oxygens (including phenoxy) is 1. The maximum atomic E-state index is 13.5. The quantitative estimate of drug-likeness (QED) is 0.391. The first-order chi connectivity index (χ1) is 15.7. The lowest BCUT2D eigenvalue weighted by atomic mass is 9.97. The number of nitrogens with zero attached hydrogens (tertiary/aromatic N) is 2. The van der Waals surface area contributed by atoms with Crippen molar-refractivity contribution >= 4 is 10.9 Å². The molecule has 0 amide bonds. The summed E-state index contributed by atoms with van der Waals surface area (Å²) in [5.74, 6) is -2.39. The summed E-state index contributed by atoms with van der Waals surface area (Å²) < 4.78 is 32.5. The van der Waals surface area contributed by atoms with Crippen LogP contribution in [0, 0.1) is 13.8 Å². The van der Waals surface area contributed by atoms with E-state index < -0.39 is 12.0 Å². The van der Waals surface area contributed by atoms with Crippen molar-refractivity contribution in [1.82, 2.24) is 9.97 Å². The summed E-state index contributed by atoms with van der Waals surface area (Å²) in [7, 11) is 1.56. The molecule has 1 unspecified atom stereocenters. The van der Waals surface area contributed by atoms with Crippen LogP contribution in [-0.2, 0) is 12.3 Å². The van der Waals surface area contributed by atoms with Crippen molar-refractivity contribution in [3.05, 3.63) is 99.9 Å². The Bertz CT molecular complexity index is 1300. The van der Waals surface area contributed by atoms with Crippen molar-refractivity contribution in [3.63, 3.8) is 0 Å². The van der Waals surface area contributed by atoms with Gasteiger partial charge >= 0.3 is 0 Å². The standard InChI is InChI=1S/C27H26F2N2O2/c1-16-5-11-23(17(2)30-16)25(32)19-8-12-24-20(14-19)15-21(26(31-24)33-4)13-18-6-9-22(10-7-18)27(3,28)29/h5-12,14-15,25,32H,13H2,1-4H3. The Hall–Kier alpha value is -3.38. The molecular weight excluding hydrogens is 422 g/mol. The molecule has 33 heavy (non-hydrogen) atoms. The second-order valence-electron chi connectivity index (χ2n) is 8.40. The summed E-state index contributed by atoms with van der Waals surface area (Å²) in [6.07, 6.45) is -0.327. The highest BCUT2D eigenvalue weighted by Gasteiger charge is 2.23. The van der Waals surface area contributed by atoms with E-state index in [1.54, 1.807) is 19.2 Å². The van der Waals surface area contributed by atoms with Gasteiger partial charge in [-0.3, -0.25) is 4.98 Å². The van der Waals surface area contributed by atoms with E-state index in [0.717, 1.165) is 51.5 Å². The molecule has 0 saturated carbocycles. The summed E-state index contributed by atoms with van der Waals surface area (Å²) in [5.41, 5.74) is 5.62. The maximum absolute atomic E-state index is 13.5. The molecule has 2 aromatic carbocycles. The van der Waals surface area contributed by atoms with Gasteiger partial charge in [-0.2, -0.15) is 0 Å². The Labute approximate surface area is 191 Å². The number of aliphatic hydroxyl groups excluding tert-OH is 1. The van der Waals surface area contributed by atoms with Gasteiger partial charge in [0, 0.05) is 46.8 Å². The minimum atomic E-state index is -2.87. The summed E-state index contributed by atoms with van der Waals surface area (Å²) in [6.45, 7) is 4.69. The predicted molar refractivity (Wildman–Crippen MR) is 125 cm³/mol. The topological polar surface area (TPSA) is 55.2 Å². The summed E-state index contributed by atoms with van der Waals surface area (Å²) in [4.78, 5) is 9.06. The van der Waals surface area contributed by atoms with Gasteiger partial charge in [0.25, 0.3) is 5.92 Å². The molecule has 1 N–H and O–H groups in total. The summed E-state index contributed by atoms with van der Waals surface area (Å²) in [6, 6.07) is 17.7. The largest absolute Gasteiger partial charge is 0.481 e. The number of halogens is 2. The molecule has 1 atom stereocenters. The maximum Gasteiger partial charge on any atom is 0.270 e. The SMILES string of the molecule is COc1nc2ccc(C(O)c3ccc(C)nc3C)cc2cc1Cc1ccc(C(C)(F)F)cc1. The molecule has 0 bridgehead atoms. The van der Waals surface area contributed by atoms with Crippen LogP contribution in [0.1, 0.15) is 52.2 Å².